The molecule has 0 aliphatic heterocycles. The zero-order valence-corrected chi connectivity index (χ0v) is 13.5. The molecule has 0 saturated carbocycles. The van der Waals surface area contributed by atoms with Gasteiger partial charge in [-0.2, -0.15) is 0 Å². The van der Waals surface area contributed by atoms with Gasteiger partial charge in [0.2, 0.25) is 0 Å². The molecule has 0 aliphatic rings. The van der Waals surface area contributed by atoms with E-state index in [0.717, 1.165) is 20.1 Å². The standard InChI is InChI=1S/C16H10Br2N2/c17-13-7-5-11(9-15(13)19)3-1-2-4-12-6-8-14(18)16(20)10-12/h5-10H,19-20H2. The molecule has 2 rings (SSSR count). The largest absolute Gasteiger partial charge is 0.398 e. The minimum absolute atomic E-state index is 0.658. The van der Waals surface area contributed by atoms with Crippen LogP contribution in [0.25, 0.3) is 0 Å². The molecule has 0 bridgehead atoms. The Morgan fingerprint density at radius 3 is 1.45 bits per heavy atom. The number of anilines is 2. The Labute approximate surface area is 134 Å². The molecule has 0 aliphatic carbocycles. The van der Waals surface area contributed by atoms with Crippen LogP contribution in [0.3, 0.4) is 0 Å². The third-order valence-electron chi connectivity index (χ3n) is 2.47. The van der Waals surface area contributed by atoms with Crippen LogP contribution in [0.2, 0.25) is 0 Å². The lowest BCUT2D eigenvalue weighted by atomic mass is 10.2. The lowest BCUT2D eigenvalue weighted by Crippen LogP contribution is -1.87. The van der Waals surface area contributed by atoms with Crippen molar-refractivity contribution in [1.82, 2.24) is 0 Å². The van der Waals surface area contributed by atoms with Crippen LogP contribution in [0.1, 0.15) is 11.1 Å². The molecule has 0 spiro atoms. The monoisotopic (exact) mass is 388 g/mol. The molecule has 0 saturated heterocycles. The Morgan fingerprint density at radius 2 is 1.10 bits per heavy atom. The summed E-state index contributed by atoms with van der Waals surface area (Å²) >= 11 is 6.68. The SMILES string of the molecule is Nc1cc(C#CC#Cc2ccc(Br)c(N)c2)ccc1Br. The van der Waals surface area contributed by atoms with Gasteiger partial charge in [0.1, 0.15) is 0 Å². The summed E-state index contributed by atoms with van der Waals surface area (Å²) in [7, 11) is 0. The molecule has 2 aromatic carbocycles. The number of nitrogens with two attached hydrogens (primary N) is 2. The second kappa shape index (κ2) is 6.52. The molecule has 0 radical (unpaired) electrons. The Kier molecular flexibility index (Phi) is 4.74. The lowest BCUT2D eigenvalue weighted by Gasteiger charge is -1.97. The van der Waals surface area contributed by atoms with Crippen molar-refractivity contribution in [3.8, 4) is 23.7 Å². The quantitative estimate of drug-likeness (QED) is 0.532. The molecule has 0 unspecified atom stereocenters. The molecular weight excluding hydrogens is 380 g/mol. The fourth-order valence-electron chi connectivity index (χ4n) is 1.45. The third kappa shape index (κ3) is 3.81. The Morgan fingerprint density at radius 1 is 0.700 bits per heavy atom. The topological polar surface area (TPSA) is 52.0 Å². The van der Waals surface area contributed by atoms with E-state index in [0.29, 0.717) is 11.4 Å². The summed E-state index contributed by atoms with van der Waals surface area (Å²) in [4.78, 5) is 0. The van der Waals surface area contributed by atoms with Crippen molar-refractivity contribution >= 4 is 43.2 Å². The number of halogens is 2. The van der Waals surface area contributed by atoms with Gasteiger partial charge in [-0.25, -0.2) is 0 Å². The van der Waals surface area contributed by atoms with E-state index < -0.39 is 0 Å². The average Bonchev–Trinajstić information content (AvgIpc) is 2.42. The van der Waals surface area contributed by atoms with Crippen molar-refractivity contribution in [2.45, 2.75) is 0 Å². The van der Waals surface area contributed by atoms with Crippen LogP contribution in [0, 0.1) is 23.7 Å². The van der Waals surface area contributed by atoms with E-state index in [4.69, 9.17) is 11.5 Å². The summed E-state index contributed by atoms with van der Waals surface area (Å²) in [6.07, 6.45) is 0. The molecule has 4 heteroatoms. The Balaban J connectivity index is 2.17. The van der Waals surface area contributed by atoms with Crippen LogP contribution >= 0.6 is 31.9 Å². The molecule has 4 N–H and O–H groups in total. The van der Waals surface area contributed by atoms with E-state index in [1.54, 1.807) is 12.1 Å². The normalized spacial score (nSPS) is 9.10. The van der Waals surface area contributed by atoms with Gasteiger partial charge in [0.05, 0.1) is 0 Å². The number of nitrogen functional groups attached to an aromatic ring is 2. The number of hydrogen-bond donors (Lipinski definition) is 2. The van der Waals surface area contributed by atoms with Gasteiger partial charge in [0.15, 0.2) is 0 Å². The summed E-state index contributed by atoms with van der Waals surface area (Å²) in [5.74, 6) is 11.5. The third-order valence-corrected chi connectivity index (χ3v) is 3.91. The van der Waals surface area contributed by atoms with Gasteiger partial charge in [-0.15, -0.1) is 0 Å². The van der Waals surface area contributed by atoms with E-state index in [1.807, 2.05) is 24.3 Å². The van der Waals surface area contributed by atoms with Gasteiger partial charge in [-0.1, -0.05) is 11.8 Å². The van der Waals surface area contributed by atoms with E-state index in [1.165, 1.54) is 0 Å². The van der Waals surface area contributed by atoms with Crippen LogP contribution in [0.15, 0.2) is 45.3 Å². The highest BCUT2D eigenvalue weighted by Crippen LogP contribution is 2.20. The molecule has 2 nitrogen and oxygen atoms in total. The van der Waals surface area contributed by atoms with E-state index >= 15 is 0 Å². The van der Waals surface area contributed by atoms with Crippen LogP contribution < -0.4 is 11.5 Å². The predicted molar refractivity (Wildman–Crippen MR) is 90.9 cm³/mol. The molecule has 0 amide bonds. The zero-order chi connectivity index (χ0) is 14.5. The van der Waals surface area contributed by atoms with Gasteiger partial charge >= 0.3 is 0 Å². The molecule has 98 valence electrons. The number of hydrogen-bond acceptors (Lipinski definition) is 2. The van der Waals surface area contributed by atoms with Crippen molar-refractivity contribution in [3.63, 3.8) is 0 Å². The Hall–Kier alpha value is -1.88. The van der Waals surface area contributed by atoms with Crippen molar-refractivity contribution in [2.75, 3.05) is 11.5 Å². The van der Waals surface area contributed by atoms with E-state index in [9.17, 15) is 0 Å². The first kappa shape index (κ1) is 14.5. The van der Waals surface area contributed by atoms with Crippen molar-refractivity contribution in [2.24, 2.45) is 0 Å². The highest BCUT2D eigenvalue weighted by molar-refractivity contribution is 9.11. The van der Waals surface area contributed by atoms with Crippen LogP contribution in [-0.4, -0.2) is 0 Å². The second-order valence-corrected chi connectivity index (χ2v) is 5.68. The summed E-state index contributed by atoms with van der Waals surface area (Å²) in [5.41, 5.74) is 14.5. The van der Waals surface area contributed by atoms with Gasteiger partial charge in [0.25, 0.3) is 0 Å². The fraction of sp³-hybridized carbons (Fsp3) is 0. The fourth-order valence-corrected chi connectivity index (χ4v) is 1.94. The molecule has 0 heterocycles. The summed E-state index contributed by atoms with van der Waals surface area (Å²) in [6.45, 7) is 0. The van der Waals surface area contributed by atoms with Crippen molar-refractivity contribution in [3.05, 3.63) is 56.5 Å². The summed E-state index contributed by atoms with van der Waals surface area (Å²) in [5, 5.41) is 0. The maximum Gasteiger partial charge on any atom is 0.0471 e. The van der Waals surface area contributed by atoms with Gasteiger partial charge in [-0.3, -0.25) is 0 Å². The Bertz CT molecular complexity index is 707. The highest BCUT2D eigenvalue weighted by Gasteiger charge is 1.95. The van der Waals surface area contributed by atoms with Gasteiger partial charge < -0.3 is 11.5 Å². The smallest absolute Gasteiger partial charge is 0.0471 e. The summed E-state index contributed by atoms with van der Waals surface area (Å²) < 4.78 is 1.72. The number of benzene rings is 2. The average molecular weight is 390 g/mol. The molecule has 20 heavy (non-hydrogen) atoms. The van der Waals surface area contributed by atoms with Gasteiger partial charge in [-0.05, 0) is 80.1 Å². The van der Waals surface area contributed by atoms with Crippen LogP contribution in [0.5, 0.6) is 0 Å². The first-order chi connectivity index (χ1) is 9.56. The van der Waals surface area contributed by atoms with Crippen molar-refractivity contribution in [1.29, 1.82) is 0 Å². The first-order valence-corrected chi connectivity index (χ1v) is 7.27. The number of rotatable bonds is 0. The minimum Gasteiger partial charge on any atom is -0.398 e. The molecule has 2 aromatic rings. The van der Waals surface area contributed by atoms with Crippen LogP contribution in [-0.2, 0) is 0 Å². The first-order valence-electron chi connectivity index (χ1n) is 5.68. The van der Waals surface area contributed by atoms with Crippen molar-refractivity contribution < 1.29 is 0 Å². The second-order valence-electron chi connectivity index (χ2n) is 3.97. The molecule has 0 fully saturated rings. The maximum absolute atomic E-state index is 5.78. The zero-order valence-electron chi connectivity index (χ0n) is 10.4. The van der Waals surface area contributed by atoms with Gasteiger partial charge in [0, 0.05) is 31.4 Å². The highest BCUT2D eigenvalue weighted by atomic mass is 79.9. The van der Waals surface area contributed by atoms with E-state index in [-0.39, 0.29) is 0 Å². The predicted octanol–water partition coefficient (Wildman–Crippen LogP) is 3.78. The molecular formula is C16H10Br2N2. The summed E-state index contributed by atoms with van der Waals surface area (Å²) in [6, 6.07) is 11.1. The van der Waals surface area contributed by atoms with E-state index in [2.05, 4.69) is 55.5 Å². The maximum atomic E-state index is 5.78. The molecule has 0 atom stereocenters. The minimum atomic E-state index is 0.658. The molecule has 0 aromatic heterocycles. The lowest BCUT2D eigenvalue weighted by molar-refractivity contribution is 1.59. The van der Waals surface area contributed by atoms with Crippen LogP contribution in [0.4, 0.5) is 11.4 Å².